The first-order valence-corrected chi connectivity index (χ1v) is 14.0. The summed E-state index contributed by atoms with van der Waals surface area (Å²) in [5.41, 5.74) is 11.0. The van der Waals surface area contributed by atoms with Crippen molar-refractivity contribution >= 4 is 90.8 Å². The van der Waals surface area contributed by atoms with Crippen LogP contribution in [0, 0.1) is 0 Å². The van der Waals surface area contributed by atoms with Crippen molar-refractivity contribution in [3.05, 3.63) is 58.1 Å². The summed E-state index contributed by atoms with van der Waals surface area (Å²) in [7, 11) is -10.1. The van der Waals surface area contributed by atoms with Crippen LogP contribution in [0.5, 0.6) is 0 Å². The number of hydrogen-bond acceptors (Lipinski definition) is 16. The number of nitrogens with zero attached hydrogens (tertiary/aromatic N) is 6. The summed E-state index contributed by atoms with van der Waals surface area (Å²) in [5.74, 6) is -0.636. The Morgan fingerprint density at radius 2 is 1.00 bits per heavy atom. The van der Waals surface area contributed by atoms with Gasteiger partial charge in [-0.3, -0.25) is 0 Å². The fraction of sp³-hybridized carbons (Fsp3) is 0. The smallest absolute Gasteiger partial charge is 0.744 e. The SMILES string of the molecule is Nc1nc(Cl)nc(Nc2ccc(/C=C/c3ccc(Nc4nc(N)nc(Cl)n4)cc3S(=O)(=O)[O-])c(S(=O)(=O)[O-])c2)n1.[K+].[K+]. The number of nitrogens with one attached hydrogen (secondary N) is 2. The topological polar surface area (TPSA) is 268 Å². The zero-order valence-corrected chi connectivity index (χ0v) is 30.9. The normalized spacial score (nSPS) is 11.4. The van der Waals surface area contributed by atoms with Crippen molar-refractivity contribution in [3.8, 4) is 0 Å². The molecule has 0 radical (unpaired) electrons. The Bertz CT molecular complexity index is 1710. The third-order valence-corrected chi connectivity index (χ3v) is 6.89. The van der Waals surface area contributed by atoms with Crippen molar-refractivity contribution in [2.45, 2.75) is 9.79 Å². The minimum Gasteiger partial charge on any atom is -0.744 e. The molecule has 0 saturated heterocycles. The summed E-state index contributed by atoms with van der Waals surface area (Å²) in [6, 6.07) is 7.27. The van der Waals surface area contributed by atoms with Crippen molar-refractivity contribution < 1.29 is 129 Å². The number of hydrogen-bond donors (Lipinski definition) is 4. The molecule has 42 heavy (non-hydrogen) atoms. The fourth-order valence-corrected chi connectivity index (χ4v) is 4.94. The van der Waals surface area contributed by atoms with Gasteiger partial charge in [-0.05, 0) is 58.6 Å². The fourth-order valence-electron chi connectivity index (χ4n) is 3.21. The molecule has 22 heteroatoms. The average Bonchev–Trinajstić information content (AvgIpc) is 2.81. The van der Waals surface area contributed by atoms with Gasteiger partial charge < -0.3 is 31.2 Å². The van der Waals surface area contributed by atoms with E-state index < -0.39 is 30.0 Å². The van der Waals surface area contributed by atoms with E-state index in [-0.39, 0.29) is 160 Å². The molecule has 0 saturated carbocycles. The minimum atomic E-state index is -5.03. The van der Waals surface area contributed by atoms with E-state index in [4.69, 9.17) is 34.7 Å². The van der Waals surface area contributed by atoms with Crippen LogP contribution in [0.15, 0.2) is 46.2 Å². The van der Waals surface area contributed by atoms with Gasteiger partial charge in [0.25, 0.3) is 0 Å². The van der Waals surface area contributed by atoms with Gasteiger partial charge in [-0.15, -0.1) is 0 Å². The van der Waals surface area contributed by atoms with Crippen molar-refractivity contribution in [1.29, 1.82) is 0 Å². The molecule has 2 aromatic heterocycles. The standard InChI is InChI=1S/C20H16Cl2N10O6S2.2K/c21-15-27-17(23)31-19(29-15)25-11-5-3-9(13(7-11)39(33,34)35)1-2-10-4-6-12(8-14(10)40(36,37)38)26-20-30-16(22)28-18(24)32-20;;/h1-8H,(H,33,34,35)(H,36,37,38)(H3,23,25,27,29,31)(H3,24,26,28,30,32);;/q;2*+1/p-2/b2-1+;;. The van der Waals surface area contributed by atoms with Crippen LogP contribution in [0.1, 0.15) is 11.1 Å². The summed E-state index contributed by atoms with van der Waals surface area (Å²) in [6.45, 7) is 0. The molecule has 0 bridgehead atoms. The maximum absolute atomic E-state index is 12.0. The second-order valence-electron chi connectivity index (χ2n) is 7.57. The molecule has 0 spiro atoms. The van der Waals surface area contributed by atoms with Gasteiger partial charge in [-0.25, -0.2) is 16.8 Å². The third kappa shape index (κ3) is 10.3. The van der Waals surface area contributed by atoms with Crippen LogP contribution >= 0.6 is 23.2 Å². The van der Waals surface area contributed by atoms with E-state index in [1.54, 1.807) is 0 Å². The van der Waals surface area contributed by atoms with Crippen LogP contribution in [0.3, 0.4) is 0 Å². The number of aromatic nitrogens is 6. The van der Waals surface area contributed by atoms with E-state index in [0.717, 1.165) is 24.3 Å². The molecular formula is C20H14Cl2K2N10O6S2. The molecule has 0 aliphatic heterocycles. The molecule has 2 aromatic carbocycles. The molecule has 0 aliphatic carbocycles. The van der Waals surface area contributed by atoms with Gasteiger partial charge in [0.2, 0.25) is 34.4 Å². The van der Waals surface area contributed by atoms with Crippen LogP contribution in [0.2, 0.25) is 10.6 Å². The predicted octanol–water partition coefficient (Wildman–Crippen LogP) is -4.00. The summed E-state index contributed by atoms with van der Waals surface area (Å²) in [6.07, 6.45) is 2.30. The Morgan fingerprint density at radius 3 is 1.31 bits per heavy atom. The number of rotatable bonds is 8. The van der Waals surface area contributed by atoms with Gasteiger partial charge in [0.05, 0.1) is 9.79 Å². The molecule has 0 atom stereocenters. The Labute approximate surface area is 333 Å². The first kappa shape index (κ1) is 37.3. The van der Waals surface area contributed by atoms with Crippen molar-refractivity contribution in [2.24, 2.45) is 0 Å². The van der Waals surface area contributed by atoms with Crippen molar-refractivity contribution in [2.75, 3.05) is 22.1 Å². The van der Waals surface area contributed by atoms with Crippen molar-refractivity contribution in [1.82, 2.24) is 29.9 Å². The molecule has 0 aliphatic rings. The van der Waals surface area contributed by atoms with Crippen LogP contribution in [-0.4, -0.2) is 55.8 Å². The number of benzene rings is 2. The van der Waals surface area contributed by atoms with Gasteiger partial charge in [-0.1, -0.05) is 24.3 Å². The Kier molecular flexibility index (Phi) is 13.6. The van der Waals surface area contributed by atoms with E-state index in [1.807, 2.05) is 0 Å². The second-order valence-corrected chi connectivity index (χ2v) is 10.9. The summed E-state index contributed by atoms with van der Waals surface area (Å²) < 4.78 is 71.9. The van der Waals surface area contributed by atoms with Crippen molar-refractivity contribution in [3.63, 3.8) is 0 Å². The van der Waals surface area contributed by atoms with E-state index in [9.17, 15) is 25.9 Å². The third-order valence-electron chi connectivity index (χ3n) is 4.77. The van der Waals surface area contributed by atoms with Gasteiger partial charge >= 0.3 is 103 Å². The molecule has 0 amide bonds. The zero-order valence-electron chi connectivity index (χ0n) is 21.5. The first-order chi connectivity index (χ1) is 18.7. The summed E-state index contributed by atoms with van der Waals surface area (Å²) >= 11 is 11.5. The number of anilines is 6. The van der Waals surface area contributed by atoms with Gasteiger partial charge in [-0.2, -0.15) is 29.9 Å². The first-order valence-electron chi connectivity index (χ1n) is 10.4. The van der Waals surface area contributed by atoms with Gasteiger partial charge in [0.1, 0.15) is 20.2 Å². The van der Waals surface area contributed by atoms with Crippen LogP contribution in [-0.2, 0) is 20.2 Å². The second kappa shape index (κ2) is 15.4. The largest absolute Gasteiger partial charge is 1.00 e. The molecule has 16 nitrogen and oxygen atoms in total. The number of halogens is 2. The molecule has 2 heterocycles. The monoisotopic (exact) mass is 702 g/mol. The molecule has 0 unspecified atom stereocenters. The van der Waals surface area contributed by atoms with E-state index in [1.165, 1.54) is 24.3 Å². The molecule has 208 valence electrons. The molecule has 0 fully saturated rings. The predicted molar refractivity (Wildman–Crippen MR) is 143 cm³/mol. The van der Waals surface area contributed by atoms with Crippen LogP contribution in [0.4, 0.5) is 35.2 Å². The Balaban J connectivity index is 0.00000308. The molecular weight excluding hydrogens is 690 g/mol. The Morgan fingerprint density at radius 1 is 0.643 bits per heavy atom. The van der Waals surface area contributed by atoms with Crippen LogP contribution in [0.25, 0.3) is 12.2 Å². The van der Waals surface area contributed by atoms with Gasteiger partial charge in [0.15, 0.2) is 0 Å². The molecule has 4 aromatic rings. The minimum absolute atomic E-state index is 0. The number of nitrogen functional groups attached to an aromatic ring is 2. The number of nitrogens with two attached hydrogens (primary N) is 2. The van der Waals surface area contributed by atoms with E-state index in [0.29, 0.717) is 0 Å². The maximum atomic E-state index is 12.0. The summed E-state index contributed by atoms with van der Waals surface area (Å²) in [5, 5.41) is 4.85. The summed E-state index contributed by atoms with van der Waals surface area (Å²) in [4.78, 5) is 21.0. The molecule has 4 rings (SSSR count). The quantitative estimate of drug-likeness (QED) is 0.0774. The van der Waals surface area contributed by atoms with Crippen LogP contribution < -0.4 is 125 Å². The molecule has 6 N–H and O–H groups in total. The average molecular weight is 704 g/mol. The van der Waals surface area contributed by atoms with E-state index in [2.05, 4.69) is 40.5 Å². The van der Waals surface area contributed by atoms with E-state index >= 15 is 0 Å². The Hall–Kier alpha value is -0.927. The van der Waals surface area contributed by atoms with Gasteiger partial charge in [0, 0.05) is 11.4 Å². The zero-order chi connectivity index (χ0) is 29.2. The maximum Gasteiger partial charge on any atom is 1.00 e.